The third-order valence-corrected chi connectivity index (χ3v) is 3.00. The fourth-order valence-corrected chi connectivity index (χ4v) is 1.73. The highest BCUT2D eigenvalue weighted by Crippen LogP contribution is 1.98. The number of hydrogen-bond acceptors (Lipinski definition) is 3. The zero-order valence-electron chi connectivity index (χ0n) is 14.4. The van der Waals surface area contributed by atoms with Gasteiger partial charge in [-0.1, -0.05) is 13.8 Å². The van der Waals surface area contributed by atoms with Crippen LogP contribution >= 0.6 is 0 Å². The largest absolute Gasteiger partial charge is 0.385 e. The Kier molecular flexibility index (Phi) is 15.0. The zero-order chi connectivity index (χ0) is 15.8. The molecule has 0 atom stereocenters. The summed E-state index contributed by atoms with van der Waals surface area (Å²) in [6, 6.07) is 0. The molecule has 0 unspecified atom stereocenters. The molecule has 21 heavy (non-hydrogen) atoms. The van der Waals surface area contributed by atoms with Gasteiger partial charge in [0.1, 0.15) is 0 Å². The van der Waals surface area contributed by atoms with E-state index in [9.17, 15) is 0 Å². The van der Waals surface area contributed by atoms with Crippen LogP contribution in [-0.2, 0) is 9.47 Å². The molecule has 2 N–H and O–H groups in total. The molecule has 0 saturated carbocycles. The van der Waals surface area contributed by atoms with Crippen molar-refractivity contribution in [2.24, 2.45) is 10.9 Å². The molecule has 0 saturated heterocycles. The number of guanidine groups is 1. The van der Waals surface area contributed by atoms with E-state index in [-0.39, 0.29) is 0 Å². The van der Waals surface area contributed by atoms with Gasteiger partial charge in [0.15, 0.2) is 5.96 Å². The number of aliphatic imine (C=N–C) groups is 1. The van der Waals surface area contributed by atoms with Crippen molar-refractivity contribution in [3.05, 3.63) is 0 Å². The number of unbranched alkanes of at least 4 members (excludes halogenated alkanes) is 2. The van der Waals surface area contributed by atoms with Gasteiger partial charge in [0.25, 0.3) is 0 Å². The molecule has 0 aromatic carbocycles. The van der Waals surface area contributed by atoms with Crippen LogP contribution in [0.2, 0.25) is 0 Å². The van der Waals surface area contributed by atoms with Crippen LogP contribution in [0.5, 0.6) is 0 Å². The van der Waals surface area contributed by atoms with E-state index >= 15 is 0 Å². The van der Waals surface area contributed by atoms with Crippen molar-refractivity contribution >= 4 is 5.96 Å². The molecule has 0 heterocycles. The maximum Gasteiger partial charge on any atom is 0.191 e. The molecule has 0 aromatic heterocycles. The molecule has 0 aliphatic heterocycles. The Hall–Kier alpha value is -0.810. The van der Waals surface area contributed by atoms with Crippen molar-refractivity contribution in [2.45, 2.75) is 46.5 Å². The van der Waals surface area contributed by atoms with Crippen LogP contribution in [-0.4, -0.2) is 52.5 Å². The summed E-state index contributed by atoms with van der Waals surface area (Å²) in [5.74, 6) is 1.59. The maximum absolute atomic E-state index is 5.58. The molecule has 0 amide bonds. The van der Waals surface area contributed by atoms with E-state index in [2.05, 4.69) is 36.4 Å². The van der Waals surface area contributed by atoms with E-state index in [4.69, 9.17) is 9.47 Å². The van der Waals surface area contributed by atoms with Gasteiger partial charge in [-0.15, -0.1) is 0 Å². The van der Waals surface area contributed by atoms with Crippen LogP contribution in [0.25, 0.3) is 0 Å². The summed E-state index contributed by atoms with van der Waals surface area (Å²) in [4.78, 5) is 4.56. The normalized spacial score (nSPS) is 12.0. The highest BCUT2D eigenvalue weighted by molar-refractivity contribution is 5.79. The monoisotopic (exact) mass is 301 g/mol. The van der Waals surface area contributed by atoms with Gasteiger partial charge >= 0.3 is 0 Å². The van der Waals surface area contributed by atoms with E-state index in [0.717, 1.165) is 71.1 Å². The van der Waals surface area contributed by atoms with Crippen LogP contribution < -0.4 is 10.6 Å². The van der Waals surface area contributed by atoms with Crippen molar-refractivity contribution in [3.63, 3.8) is 0 Å². The minimum atomic E-state index is 0.704. The Morgan fingerprint density at radius 1 is 1.05 bits per heavy atom. The summed E-state index contributed by atoms with van der Waals surface area (Å²) in [5.41, 5.74) is 0. The van der Waals surface area contributed by atoms with Crippen LogP contribution in [0.4, 0.5) is 0 Å². The minimum Gasteiger partial charge on any atom is -0.385 e. The standard InChI is InChI=1S/C16H35N3O2/c1-5-17-16(18-10-7-6-8-12-20-4)19-11-14-21-13-9-15(2)3/h15H,5-14H2,1-4H3,(H2,17,18,19). The molecule has 0 spiro atoms. The molecule has 0 aliphatic rings. The van der Waals surface area contributed by atoms with Gasteiger partial charge in [0.2, 0.25) is 0 Å². The molecule has 5 heteroatoms. The first-order valence-corrected chi connectivity index (χ1v) is 8.29. The van der Waals surface area contributed by atoms with Crippen LogP contribution in [0.1, 0.15) is 46.5 Å². The minimum absolute atomic E-state index is 0.704. The smallest absolute Gasteiger partial charge is 0.191 e. The lowest BCUT2D eigenvalue weighted by Gasteiger charge is -2.12. The van der Waals surface area contributed by atoms with Crippen molar-refractivity contribution < 1.29 is 9.47 Å². The molecule has 0 fully saturated rings. The van der Waals surface area contributed by atoms with E-state index < -0.39 is 0 Å². The molecule has 0 aromatic rings. The van der Waals surface area contributed by atoms with Gasteiger partial charge < -0.3 is 20.1 Å². The Morgan fingerprint density at radius 2 is 1.86 bits per heavy atom. The first kappa shape index (κ1) is 20.2. The van der Waals surface area contributed by atoms with Crippen molar-refractivity contribution in [3.8, 4) is 0 Å². The predicted molar refractivity (Wildman–Crippen MR) is 90.0 cm³/mol. The Labute approximate surface area is 130 Å². The molecule has 0 rings (SSSR count). The second-order valence-electron chi connectivity index (χ2n) is 5.54. The number of nitrogens with zero attached hydrogens (tertiary/aromatic N) is 1. The number of methoxy groups -OCH3 is 1. The molecule has 126 valence electrons. The molecular formula is C16H35N3O2. The van der Waals surface area contributed by atoms with E-state index in [1.54, 1.807) is 7.11 Å². The second kappa shape index (κ2) is 15.6. The lowest BCUT2D eigenvalue weighted by atomic mass is 10.1. The molecule has 0 aliphatic carbocycles. The van der Waals surface area contributed by atoms with Gasteiger partial charge in [-0.05, 0) is 38.5 Å². The summed E-state index contributed by atoms with van der Waals surface area (Å²) in [6.07, 6.45) is 4.50. The van der Waals surface area contributed by atoms with E-state index in [1.807, 2.05) is 0 Å². The van der Waals surface area contributed by atoms with Gasteiger partial charge in [0, 0.05) is 40.0 Å². The summed E-state index contributed by atoms with van der Waals surface area (Å²) in [7, 11) is 1.74. The molecule has 0 radical (unpaired) electrons. The average Bonchev–Trinajstić information content (AvgIpc) is 2.45. The van der Waals surface area contributed by atoms with Gasteiger partial charge in [-0.25, -0.2) is 0 Å². The lowest BCUT2D eigenvalue weighted by molar-refractivity contribution is 0.128. The number of rotatable bonds is 13. The Balaban J connectivity index is 3.65. The van der Waals surface area contributed by atoms with Crippen LogP contribution in [0.15, 0.2) is 4.99 Å². The van der Waals surface area contributed by atoms with Crippen molar-refractivity contribution in [2.75, 3.05) is 46.6 Å². The third kappa shape index (κ3) is 15.4. The highest BCUT2D eigenvalue weighted by Gasteiger charge is 1.97. The number of hydrogen-bond donors (Lipinski definition) is 2. The summed E-state index contributed by atoms with van der Waals surface area (Å²) in [5, 5.41) is 6.55. The lowest BCUT2D eigenvalue weighted by Crippen LogP contribution is -2.39. The van der Waals surface area contributed by atoms with E-state index in [1.165, 1.54) is 0 Å². The second-order valence-corrected chi connectivity index (χ2v) is 5.54. The van der Waals surface area contributed by atoms with E-state index in [0.29, 0.717) is 5.92 Å². The van der Waals surface area contributed by atoms with Crippen LogP contribution in [0, 0.1) is 5.92 Å². The summed E-state index contributed by atoms with van der Waals surface area (Å²) < 4.78 is 10.6. The fraction of sp³-hybridized carbons (Fsp3) is 0.938. The molecule has 5 nitrogen and oxygen atoms in total. The quantitative estimate of drug-likeness (QED) is 0.312. The number of nitrogens with one attached hydrogen (secondary N) is 2. The fourth-order valence-electron chi connectivity index (χ4n) is 1.73. The maximum atomic E-state index is 5.58. The van der Waals surface area contributed by atoms with Gasteiger partial charge in [0.05, 0.1) is 6.61 Å². The third-order valence-electron chi connectivity index (χ3n) is 3.00. The van der Waals surface area contributed by atoms with Gasteiger partial charge in [-0.3, -0.25) is 4.99 Å². The molecular weight excluding hydrogens is 266 g/mol. The van der Waals surface area contributed by atoms with Gasteiger partial charge in [-0.2, -0.15) is 0 Å². The molecule has 0 bridgehead atoms. The summed E-state index contributed by atoms with van der Waals surface area (Å²) in [6.45, 7) is 11.4. The SMILES string of the molecule is CCNC(=NCCCCCOC)NCCOCCC(C)C. The topological polar surface area (TPSA) is 54.9 Å². The number of ether oxygens (including phenoxy) is 2. The first-order valence-electron chi connectivity index (χ1n) is 8.29. The first-order chi connectivity index (χ1) is 10.2. The zero-order valence-corrected chi connectivity index (χ0v) is 14.4. The van der Waals surface area contributed by atoms with Crippen molar-refractivity contribution in [1.29, 1.82) is 0 Å². The average molecular weight is 301 g/mol. The van der Waals surface area contributed by atoms with Crippen molar-refractivity contribution in [1.82, 2.24) is 10.6 Å². The Bertz CT molecular complexity index is 246. The summed E-state index contributed by atoms with van der Waals surface area (Å²) >= 11 is 0. The highest BCUT2D eigenvalue weighted by atomic mass is 16.5. The predicted octanol–water partition coefficient (Wildman–Crippen LogP) is 2.42. The Morgan fingerprint density at radius 3 is 2.52 bits per heavy atom. The van der Waals surface area contributed by atoms with Crippen LogP contribution in [0.3, 0.4) is 0 Å².